The highest BCUT2D eigenvalue weighted by atomic mass is 15.0. The summed E-state index contributed by atoms with van der Waals surface area (Å²) in [6, 6.07) is 1.65. The average molecular weight is 136 g/mol. The lowest BCUT2D eigenvalue weighted by molar-refractivity contribution is 1.16. The molecule has 0 saturated carbocycles. The van der Waals surface area contributed by atoms with Crippen molar-refractivity contribution in [2.45, 2.75) is 6.92 Å². The number of nitrogens with one attached hydrogen (secondary N) is 1. The van der Waals surface area contributed by atoms with Gasteiger partial charge in [0.2, 0.25) is 5.95 Å². The molecule has 0 unspecified atom stereocenters. The molecule has 1 heterocycles. The van der Waals surface area contributed by atoms with Crippen molar-refractivity contribution in [2.75, 3.05) is 5.73 Å². The van der Waals surface area contributed by atoms with Gasteiger partial charge < -0.3 is 11.1 Å². The van der Waals surface area contributed by atoms with Gasteiger partial charge in [-0.15, -0.1) is 0 Å². The second-order valence-electron chi connectivity index (χ2n) is 1.93. The van der Waals surface area contributed by atoms with Crippen LogP contribution < -0.4 is 5.73 Å². The number of hydrogen-bond acceptors (Lipinski definition) is 4. The monoisotopic (exact) mass is 136 g/mol. The second kappa shape index (κ2) is 2.43. The maximum Gasteiger partial charge on any atom is 0.220 e. The lowest BCUT2D eigenvalue weighted by Crippen LogP contribution is -2.01. The Morgan fingerprint density at radius 3 is 2.80 bits per heavy atom. The fourth-order valence-electron chi connectivity index (χ4n) is 0.583. The minimum Gasteiger partial charge on any atom is -0.368 e. The first kappa shape index (κ1) is 6.67. The summed E-state index contributed by atoms with van der Waals surface area (Å²) in [7, 11) is 0. The van der Waals surface area contributed by atoms with E-state index in [4.69, 9.17) is 11.1 Å². The van der Waals surface area contributed by atoms with Gasteiger partial charge >= 0.3 is 0 Å². The van der Waals surface area contributed by atoms with Crippen molar-refractivity contribution in [2.24, 2.45) is 0 Å². The zero-order chi connectivity index (χ0) is 7.56. The topological polar surface area (TPSA) is 75.7 Å². The summed E-state index contributed by atoms with van der Waals surface area (Å²) in [5.41, 5.74) is 6.25. The highest BCUT2D eigenvalue weighted by molar-refractivity contribution is 5.94. The molecule has 0 fully saturated rings. The molecule has 10 heavy (non-hydrogen) atoms. The molecule has 52 valence electrons. The van der Waals surface area contributed by atoms with Crippen LogP contribution in [-0.2, 0) is 0 Å². The van der Waals surface area contributed by atoms with E-state index in [9.17, 15) is 0 Å². The van der Waals surface area contributed by atoms with Crippen molar-refractivity contribution >= 4 is 11.7 Å². The molecule has 1 aromatic heterocycles. The van der Waals surface area contributed by atoms with E-state index in [0.29, 0.717) is 11.4 Å². The summed E-state index contributed by atoms with van der Waals surface area (Å²) in [6.07, 6.45) is 1.54. The third-order valence-corrected chi connectivity index (χ3v) is 1.06. The van der Waals surface area contributed by atoms with Gasteiger partial charge in [-0.25, -0.2) is 9.97 Å². The van der Waals surface area contributed by atoms with Gasteiger partial charge in [-0.05, 0) is 13.0 Å². The number of anilines is 1. The molecule has 4 heteroatoms. The third-order valence-electron chi connectivity index (χ3n) is 1.06. The number of rotatable bonds is 1. The molecule has 0 aliphatic rings. The first-order valence-electron chi connectivity index (χ1n) is 2.84. The lowest BCUT2D eigenvalue weighted by Gasteiger charge is -1.95. The van der Waals surface area contributed by atoms with Gasteiger partial charge in [0, 0.05) is 6.20 Å². The molecule has 3 N–H and O–H groups in total. The van der Waals surface area contributed by atoms with Crippen LogP contribution in [0.1, 0.15) is 12.6 Å². The zero-order valence-electron chi connectivity index (χ0n) is 5.63. The Kier molecular flexibility index (Phi) is 1.62. The predicted octanol–water partition coefficient (Wildman–Crippen LogP) is 0.447. The summed E-state index contributed by atoms with van der Waals surface area (Å²) in [5.74, 6) is 0.212. The van der Waals surface area contributed by atoms with Crippen molar-refractivity contribution < 1.29 is 0 Å². The van der Waals surface area contributed by atoms with Crippen molar-refractivity contribution in [1.29, 1.82) is 5.41 Å². The molecule has 0 aliphatic carbocycles. The lowest BCUT2D eigenvalue weighted by atomic mass is 10.3. The van der Waals surface area contributed by atoms with Crippen LogP contribution in [0.5, 0.6) is 0 Å². The molecule has 0 amide bonds. The number of nitrogens with zero attached hydrogens (tertiary/aromatic N) is 2. The average Bonchev–Trinajstić information content (AvgIpc) is 1.88. The van der Waals surface area contributed by atoms with E-state index in [1.54, 1.807) is 13.0 Å². The summed E-state index contributed by atoms with van der Waals surface area (Å²) < 4.78 is 0. The molecule has 0 saturated heterocycles. The third kappa shape index (κ3) is 1.28. The largest absolute Gasteiger partial charge is 0.368 e. The second-order valence-corrected chi connectivity index (χ2v) is 1.93. The highest BCUT2D eigenvalue weighted by Gasteiger charge is 1.95. The molecule has 0 aromatic carbocycles. The van der Waals surface area contributed by atoms with Crippen LogP contribution >= 0.6 is 0 Å². The Morgan fingerprint density at radius 1 is 1.70 bits per heavy atom. The fourth-order valence-corrected chi connectivity index (χ4v) is 0.583. The molecule has 0 bridgehead atoms. The van der Waals surface area contributed by atoms with Crippen LogP contribution in [0.25, 0.3) is 0 Å². The van der Waals surface area contributed by atoms with Gasteiger partial charge in [0.25, 0.3) is 0 Å². The standard InChI is InChI=1S/C6H8N4/c1-4(7)5-2-3-9-6(8)10-5/h2-3,7H,1H3,(H2,8,9,10). The van der Waals surface area contributed by atoms with Gasteiger partial charge in [-0.3, -0.25) is 0 Å². The summed E-state index contributed by atoms with van der Waals surface area (Å²) in [6.45, 7) is 1.65. The maximum absolute atomic E-state index is 7.19. The van der Waals surface area contributed by atoms with Crippen LogP contribution in [0.3, 0.4) is 0 Å². The Hall–Kier alpha value is -1.45. The number of aromatic nitrogens is 2. The first-order valence-corrected chi connectivity index (χ1v) is 2.84. The maximum atomic E-state index is 7.19. The Morgan fingerprint density at radius 2 is 2.40 bits per heavy atom. The van der Waals surface area contributed by atoms with Crippen LogP contribution in [0.2, 0.25) is 0 Å². The number of nitrogen functional groups attached to an aromatic ring is 1. The van der Waals surface area contributed by atoms with E-state index >= 15 is 0 Å². The van der Waals surface area contributed by atoms with E-state index in [0.717, 1.165) is 0 Å². The molecule has 0 radical (unpaired) electrons. The molecular formula is C6H8N4. The van der Waals surface area contributed by atoms with Gasteiger partial charge in [-0.2, -0.15) is 0 Å². The zero-order valence-corrected chi connectivity index (χ0v) is 5.63. The van der Waals surface area contributed by atoms with Gasteiger partial charge in [0.1, 0.15) is 0 Å². The quantitative estimate of drug-likeness (QED) is 0.550. The summed E-state index contributed by atoms with van der Waals surface area (Å²) in [5, 5.41) is 7.19. The molecule has 4 nitrogen and oxygen atoms in total. The van der Waals surface area contributed by atoms with E-state index in [2.05, 4.69) is 9.97 Å². The Balaban J connectivity index is 3.07. The Labute approximate surface area is 58.6 Å². The van der Waals surface area contributed by atoms with Crippen molar-refractivity contribution in [3.63, 3.8) is 0 Å². The molecule has 0 atom stereocenters. The van der Waals surface area contributed by atoms with E-state index < -0.39 is 0 Å². The minimum atomic E-state index is 0.212. The molecule has 0 spiro atoms. The first-order chi connectivity index (χ1) is 4.70. The molecular weight excluding hydrogens is 128 g/mol. The molecule has 1 aromatic rings. The number of nitrogens with two attached hydrogens (primary N) is 1. The van der Waals surface area contributed by atoms with E-state index in [-0.39, 0.29) is 5.95 Å². The SMILES string of the molecule is CC(=N)c1ccnc(N)n1. The van der Waals surface area contributed by atoms with Gasteiger partial charge in [0.15, 0.2) is 0 Å². The van der Waals surface area contributed by atoms with E-state index in [1.807, 2.05) is 0 Å². The van der Waals surface area contributed by atoms with Crippen LogP contribution in [0.15, 0.2) is 12.3 Å². The minimum absolute atomic E-state index is 0.212. The summed E-state index contributed by atoms with van der Waals surface area (Å²) in [4.78, 5) is 7.51. The molecule has 0 aliphatic heterocycles. The molecule has 1 rings (SSSR count). The number of hydrogen-bond donors (Lipinski definition) is 2. The van der Waals surface area contributed by atoms with Gasteiger partial charge in [0.05, 0.1) is 11.4 Å². The normalized spacial score (nSPS) is 9.30. The fraction of sp³-hybridized carbons (Fsp3) is 0.167. The van der Waals surface area contributed by atoms with Crippen molar-refractivity contribution in [1.82, 2.24) is 9.97 Å². The van der Waals surface area contributed by atoms with Crippen molar-refractivity contribution in [3.8, 4) is 0 Å². The van der Waals surface area contributed by atoms with Crippen LogP contribution in [0, 0.1) is 5.41 Å². The van der Waals surface area contributed by atoms with Crippen LogP contribution in [0.4, 0.5) is 5.95 Å². The highest BCUT2D eigenvalue weighted by Crippen LogP contribution is 1.95. The predicted molar refractivity (Wildman–Crippen MR) is 38.9 cm³/mol. The smallest absolute Gasteiger partial charge is 0.220 e. The van der Waals surface area contributed by atoms with Crippen LogP contribution in [-0.4, -0.2) is 15.7 Å². The van der Waals surface area contributed by atoms with Gasteiger partial charge in [-0.1, -0.05) is 0 Å². The Bertz CT molecular complexity index is 256. The van der Waals surface area contributed by atoms with Crippen molar-refractivity contribution in [3.05, 3.63) is 18.0 Å². The summed E-state index contributed by atoms with van der Waals surface area (Å²) >= 11 is 0. The van der Waals surface area contributed by atoms with E-state index in [1.165, 1.54) is 6.20 Å².